The Bertz CT molecular complexity index is 1010. The van der Waals surface area contributed by atoms with Gasteiger partial charge in [0.05, 0.1) is 11.0 Å². The van der Waals surface area contributed by atoms with Crippen LogP contribution in [0, 0.1) is 17.3 Å². The molecule has 1 N–H and O–H groups in total. The van der Waals surface area contributed by atoms with Crippen LogP contribution in [0.4, 0.5) is 0 Å². The van der Waals surface area contributed by atoms with Gasteiger partial charge in [-0.1, -0.05) is 32.9 Å². The smallest absolute Gasteiger partial charge is 0.225 e. The van der Waals surface area contributed by atoms with Crippen LogP contribution in [-0.4, -0.2) is 47.9 Å². The average Bonchev–Trinajstić information content (AvgIpc) is 3.46. The molecule has 6 heteroatoms. The van der Waals surface area contributed by atoms with Crippen molar-refractivity contribution in [3.63, 3.8) is 0 Å². The molecule has 170 valence electrons. The number of rotatable bonds is 4. The van der Waals surface area contributed by atoms with Crippen LogP contribution in [0.5, 0.6) is 5.75 Å². The summed E-state index contributed by atoms with van der Waals surface area (Å²) in [6.07, 6.45) is 5.53. The maximum Gasteiger partial charge on any atom is 0.225 e. The number of hydrogen-bond donors (Lipinski definition) is 1. The van der Waals surface area contributed by atoms with E-state index in [4.69, 9.17) is 0 Å². The Labute approximate surface area is 186 Å². The fourth-order valence-electron chi connectivity index (χ4n) is 6.77. The molecule has 1 heterocycles. The van der Waals surface area contributed by atoms with Gasteiger partial charge in [0.25, 0.3) is 0 Å². The summed E-state index contributed by atoms with van der Waals surface area (Å²) >= 11 is 0. The van der Waals surface area contributed by atoms with Gasteiger partial charge in [0.15, 0.2) is 9.84 Å². The van der Waals surface area contributed by atoms with Gasteiger partial charge in [-0.05, 0) is 73.5 Å². The van der Waals surface area contributed by atoms with Gasteiger partial charge in [0, 0.05) is 23.9 Å². The molecule has 4 aliphatic rings. The topological polar surface area (TPSA) is 74.7 Å². The van der Waals surface area contributed by atoms with E-state index in [1.165, 1.54) is 5.56 Å². The van der Waals surface area contributed by atoms with Crippen molar-refractivity contribution in [1.29, 1.82) is 0 Å². The van der Waals surface area contributed by atoms with E-state index in [0.29, 0.717) is 18.6 Å². The van der Waals surface area contributed by atoms with Crippen molar-refractivity contribution in [2.45, 2.75) is 82.4 Å². The number of phenolic OH excluding ortho intramolecular Hbond substituents is 1. The predicted octanol–water partition coefficient (Wildman–Crippen LogP) is 3.83. The van der Waals surface area contributed by atoms with E-state index in [1.54, 1.807) is 6.07 Å². The van der Waals surface area contributed by atoms with Crippen LogP contribution in [0.15, 0.2) is 18.2 Å². The van der Waals surface area contributed by atoms with Crippen molar-refractivity contribution >= 4 is 15.7 Å². The predicted molar refractivity (Wildman–Crippen MR) is 121 cm³/mol. The lowest BCUT2D eigenvalue weighted by Crippen LogP contribution is -2.65. The maximum absolute atomic E-state index is 13.7. The lowest BCUT2D eigenvalue weighted by atomic mass is 9.51. The number of hydrogen-bond acceptors (Lipinski definition) is 4. The SMILES string of the molecule is CC1(C)[C@@H]2Cc3c(O)cccc3[C@]1(C)CCN2C(=O)[C@@H]1CCC(CS(=O)(=O)C2CC2)C1. The Morgan fingerprint density at radius 2 is 1.90 bits per heavy atom. The lowest BCUT2D eigenvalue weighted by Gasteiger charge is -2.61. The second-order valence-electron chi connectivity index (χ2n) is 11.3. The second-order valence-corrected chi connectivity index (χ2v) is 13.6. The third kappa shape index (κ3) is 3.23. The summed E-state index contributed by atoms with van der Waals surface area (Å²) in [5.74, 6) is 0.856. The summed E-state index contributed by atoms with van der Waals surface area (Å²) in [6.45, 7) is 7.56. The number of amides is 1. The third-order valence-electron chi connectivity index (χ3n) is 9.30. The molecule has 0 aromatic heterocycles. The molecule has 2 saturated carbocycles. The fourth-order valence-corrected chi connectivity index (χ4v) is 8.85. The number of piperidine rings is 1. The first-order valence-corrected chi connectivity index (χ1v) is 13.6. The van der Waals surface area contributed by atoms with Gasteiger partial charge in [-0.15, -0.1) is 0 Å². The number of fused-ring (bicyclic) bond motifs is 4. The van der Waals surface area contributed by atoms with E-state index in [9.17, 15) is 18.3 Å². The van der Waals surface area contributed by atoms with Crippen molar-refractivity contribution < 1.29 is 18.3 Å². The van der Waals surface area contributed by atoms with Crippen molar-refractivity contribution in [2.75, 3.05) is 12.3 Å². The van der Waals surface area contributed by atoms with Gasteiger partial charge >= 0.3 is 0 Å². The minimum Gasteiger partial charge on any atom is -0.508 e. The van der Waals surface area contributed by atoms with Gasteiger partial charge in [0.2, 0.25) is 5.91 Å². The molecule has 0 spiro atoms. The molecule has 3 aliphatic carbocycles. The van der Waals surface area contributed by atoms with Gasteiger partial charge in [-0.2, -0.15) is 0 Å². The van der Waals surface area contributed by atoms with Crippen LogP contribution in [0.25, 0.3) is 0 Å². The number of nitrogens with zero attached hydrogens (tertiary/aromatic N) is 1. The molecule has 1 saturated heterocycles. The summed E-state index contributed by atoms with van der Waals surface area (Å²) in [4.78, 5) is 15.7. The molecule has 1 aliphatic heterocycles. The van der Waals surface area contributed by atoms with Crippen LogP contribution in [0.2, 0.25) is 0 Å². The molecule has 1 aromatic rings. The molecular weight excluding hydrogens is 410 g/mol. The van der Waals surface area contributed by atoms with E-state index in [2.05, 4.69) is 31.7 Å². The van der Waals surface area contributed by atoms with Gasteiger partial charge in [0.1, 0.15) is 5.75 Å². The number of carbonyl (C=O) groups excluding carboxylic acids is 1. The monoisotopic (exact) mass is 445 g/mol. The number of benzene rings is 1. The molecule has 31 heavy (non-hydrogen) atoms. The van der Waals surface area contributed by atoms with Crippen LogP contribution in [-0.2, 0) is 26.5 Å². The highest BCUT2D eigenvalue weighted by atomic mass is 32.2. The van der Waals surface area contributed by atoms with E-state index in [-0.39, 0.29) is 45.6 Å². The first kappa shape index (κ1) is 21.3. The van der Waals surface area contributed by atoms with E-state index >= 15 is 0 Å². The molecule has 1 amide bonds. The highest BCUT2D eigenvalue weighted by Gasteiger charge is 2.57. The summed E-state index contributed by atoms with van der Waals surface area (Å²) in [5, 5.41) is 10.5. The van der Waals surface area contributed by atoms with Crippen LogP contribution < -0.4 is 0 Å². The van der Waals surface area contributed by atoms with E-state index in [0.717, 1.165) is 44.2 Å². The van der Waals surface area contributed by atoms with E-state index in [1.807, 2.05) is 6.07 Å². The standard InChI is InChI=1S/C25H35NO4S/c1-24(2)22-14-19-20(5-4-6-21(19)27)25(24,3)11-12-26(22)23(28)17-8-7-16(13-17)15-31(29,30)18-9-10-18/h4-6,16-18,22,27H,7-15H2,1-3H3/t16?,17-,22+,25+/m1/s1. The maximum atomic E-state index is 13.7. The minimum absolute atomic E-state index is 0.0498. The second kappa shape index (κ2) is 6.97. The molecule has 3 fully saturated rings. The molecule has 2 bridgehead atoms. The molecular formula is C25H35NO4S. The average molecular weight is 446 g/mol. The summed E-state index contributed by atoms with van der Waals surface area (Å²) in [6, 6.07) is 5.88. The van der Waals surface area contributed by atoms with E-state index < -0.39 is 9.84 Å². The molecule has 4 atom stereocenters. The summed E-state index contributed by atoms with van der Waals surface area (Å²) in [5.41, 5.74) is 2.03. The highest BCUT2D eigenvalue weighted by molar-refractivity contribution is 7.92. The summed E-state index contributed by atoms with van der Waals surface area (Å²) in [7, 11) is -2.98. The molecule has 1 unspecified atom stereocenters. The minimum atomic E-state index is -2.98. The van der Waals surface area contributed by atoms with Crippen LogP contribution >= 0.6 is 0 Å². The number of carbonyl (C=O) groups is 1. The van der Waals surface area contributed by atoms with Crippen LogP contribution in [0.1, 0.15) is 70.4 Å². The van der Waals surface area contributed by atoms with Gasteiger partial charge < -0.3 is 10.0 Å². The number of aromatic hydroxyl groups is 1. The zero-order valence-corrected chi connectivity index (χ0v) is 19.7. The van der Waals surface area contributed by atoms with Crippen molar-refractivity contribution in [3.8, 4) is 5.75 Å². The largest absolute Gasteiger partial charge is 0.508 e. The van der Waals surface area contributed by atoms with Crippen molar-refractivity contribution in [1.82, 2.24) is 4.90 Å². The van der Waals surface area contributed by atoms with Crippen molar-refractivity contribution in [3.05, 3.63) is 29.3 Å². The number of likely N-dealkylation sites (tertiary alicyclic amines) is 1. The highest BCUT2D eigenvalue weighted by Crippen LogP contribution is 2.57. The molecule has 5 rings (SSSR count). The Morgan fingerprint density at radius 1 is 1.16 bits per heavy atom. The van der Waals surface area contributed by atoms with Gasteiger partial charge in [-0.3, -0.25) is 4.79 Å². The Morgan fingerprint density at radius 3 is 2.61 bits per heavy atom. The Balaban J connectivity index is 1.36. The summed E-state index contributed by atoms with van der Waals surface area (Å²) < 4.78 is 24.8. The Kier molecular flexibility index (Phi) is 4.79. The number of sulfone groups is 1. The third-order valence-corrected chi connectivity index (χ3v) is 11.7. The van der Waals surface area contributed by atoms with Crippen LogP contribution in [0.3, 0.4) is 0 Å². The quantitative estimate of drug-likeness (QED) is 0.764. The fraction of sp³-hybridized carbons (Fsp3) is 0.720. The van der Waals surface area contributed by atoms with Crippen molar-refractivity contribution in [2.24, 2.45) is 17.3 Å². The zero-order valence-electron chi connectivity index (χ0n) is 18.9. The lowest BCUT2D eigenvalue weighted by molar-refractivity contribution is -0.148. The first-order valence-electron chi connectivity index (χ1n) is 11.9. The molecule has 5 nitrogen and oxygen atoms in total. The molecule has 1 aromatic carbocycles. The van der Waals surface area contributed by atoms with Gasteiger partial charge in [-0.25, -0.2) is 8.42 Å². The molecule has 0 radical (unpaired) electrons. The number of phenols is 1. The Hall–Kier alpha value is -1.56. The first-order chi connectivity index (χ1) is 14.5. The normalized spacial score (nSPS) is 34.4. The zero-order chi connectivity index (χ0) is 22.2.